The molecule has 1 aromatic rings. The van der Waals surface area contributed by atoms with Crippen LogP contribution in [0.2, 0.25) is 0 Å². The van der Waals surface area contributed by atoms with Gasteiger partial charge in [-0.3, -0.25) is 0 Å². The van der Waals surface area contributed by atoms with Crippen LogP contribution in [0.15, 0.2) is 24.3 Å². The van der Waals surface area contributed by atoms with Crippen molar-refractivity contribution in [2.45, 2.75) is 31.8 Å². The maximum Gasteiger partial charge on any atom is 0.319 e. The van der Waals surface area contributed by atoms with Gasteiger partial charge < -0.3 is 14.5 Å². The number of aryl methyl sites for hydroxylation is 1. The highest BCUT2D eigenvalue weighted by molar-refractivity contribution is 5.74. The van der Waals surface area contributed by atoms with Gasteiger partial charge in [0.25, 0.3) is 0 Å². The van der Waals surface area contributed by atoms with E-state index in [2.05, 4.69) is 12.1 Å². The summed E-state index contributed by atoms with van der Waals surface area (Å²) in [5, 5.41) is 0. The summed E-state index contributed by atoms with van der Waals surface area (Å²) in [5.41, 5.74) is 1.12. The molecule has 2 aliphatic heterocycles. The molecule has 20 heavy (non-hydrogen) atoms. The van der Waals surface area contributed by atoms with Gasteiger partial charge in [-0.2, -0.15) is 0 Å². The summed E-state index contributed by atoms with van der Waals surface area (Å²) in [6.07, 6.45) is 2.98. The molecule has 108 valence electrons. The maximum atomic E-state index is 12.2. The average Bonchev–Trinajstić information content (AvgIpc) is 2.89. The van der Waals surface area contributed by atoms with Gasteiger partial charge in [0.2, 0.25) is 0 Å². The number of rotatable bonds is 1. The topological polar surface area (TPSA) is 32.8 Å². The molecular formula is C16H22N2O2. The molecule has 2 aliphatic rings. The van der Waals surface area contributed by atoms with Crippen molar-refractivity contribution in [1.82, 2.24) is 9.80 Å². The molecule has 0 N–H and O–H groups in total. The van der Waals surface area contributed by atoms with Crippen molar-refractivity contribution >= 4 is 6.03 Å². The Morgan fingerprint density at radius 1 is 1.40 bits per heavy atom. The van der Waals surface area contributed by atoms with Gasteiger partial charge in [-0.05, 0) is 31.4 Å². The maximum absolute atomic E-state index is 12.2. The quantitative estimate of drug-likeness (QED) is 0.788. The third-order valence-corrected chi connectivity index (χ3v) is 4.54. The molecule has 0 bridgehead atoms. The van der Waals surface area contributed by atoms with Gasteiger partial charge in [-0.25, -0.2) is 4.79 Å². The molecule has 1 spiro atoms. The van der Waals surface area contributed by atoms with Gasteiger partial charge in [0, 0.05) is 26.6 Å². The van der Waals surface area contributed by atoms with E-state index in [9.17, 15) is 4.79 Å². The van der Waals surface area contributed by atoms with E-state index < -0.39 is 0 Å². The van der Waals surface area contributed by atoms with Crippen LogP contribution in [0.1, 0.15) is 25.3 Å². The first kappa shape index (κ1) is 13.3. The van der Waals surface area contributed by atoms with E-state index in [1.807, 2.05) is 31.0 Å². The van der Waals surface area contributed by atoms with Crippen molar-refractivity contribution in [2.75, 3.05) is 26.7 Å². The third-order valence-electron chi connectivity index (χ3n) is 4.54. The van der Waals surface area contributed by atoms with E-state index in [0.29, 0.717) is 6.54 Å². The molecule has 0 saturated carbocycles. The second-order valence-electron chi connectivity index (χ2n) is 5.86. The first-order valence-electron chi connectivity index (χ1n) is 7.40. The predicted octanol–water partition coefficient (Wildman–Crippen LogP) is 2.53. The first-order chi connectivity index (χ1) is 9.63. The Morgan fingerprint density at radius 3 is 3.00 bits per heavy atom. The van der Waals surface area contributed by atoms with Crippen molar-refractivity contribution in [2.24, 2.45) is 0 Å². The number of hydrogen-bond acceptors (Lipinski definition) is 2. The van der Waals surface area contributed by atoms with E-state index in [1.54, 1.807) is 4.90 Å². The van der Waals surface area contributed by atoms with Crippen LogP contribution in [0.4, 0.5) is 4.79 Å². The average molecular weight is 274 g/mol. The molecule has 2 heterocycles. The lowest BCUT2D eigenvalue weighted by Crippen LogP contribution is -2.46. The second kappa shape index (κ2) is 5.00. The van der Waals surface area contributed by atoms with Crippen LogP contribution in [0.3, 0.4) is 0 Å². The standard InChI is InChI=1S/C16H22N2O2/c1-3-17(2)15(19)18-11-10-16(12-18)9-8-13-6-4-5-7-14(13)20-16/h4-7H,3,8-12H2,1-2H3. The molecular weight excluding hydrogens is 252 g/mol. The lowest BCUT2D eigenvalue weighted by atomic mass is 9.90. The van der Waals surface area contributed by atoms with Crippen molar-refractivity contribution in [3.8, 4) is 5.75 Å². The van der Waals surface area contributed by atoms with Gasteiger partial charge in [0.05, 0.1) is 6.54 Å². The summed E-state index contributed by atoms with van der Waals surface area (Å²) >= 11 is 0. The monoisotopic (exact) mass is 274 g/mol. The van der Waals surface area contributed by atoms with Crippen LogP contribution in [-0.2, 0) is 6.42 Å². The number of fused-ring (bicyclic) bond motifs is 1. The minimum absolute atomic E-state index is 0.117. The fourth-order valence-corrected chi connectivity index (χ4v) is 3.13. The summed E-state index contributed by atoms with van der Waals surface area (Å²) in [7, 11) is 1.85. The van der Waals surface area contributed by atoms with E-state index >= 15 is 0 Å². The number of likely N-dealkylation sites (tertiary alicyclic amines) is 1. The van der Waals surface area contributed by atoms with Gasteiger partial charge in [-0.15, -0.1) is 0 Å². The van der Waals surface area contributed by atoms with Crippen molar-refractivity contribution in [3.05, 3.63) is 29.8 Å². The zero-order valence-corrected chi connectivity index (χ0v) is 12.3. The Morgan fingerprint density at radius 2 is 2.20 bits per heavy atom. The number of urea groups is 1. The number of para-hydroxylation sites is 1. The summed E-state index contributed by atoms with van der Waals surface area (Å²) in [6.45, 7) is 4.25. The summed E-state index contributed by atoms with van der Waals surface area (Å²) < 4.78 is 6.26. The molecule has 4 heteroatoms. The SMILES string of the molecule is CCN(C)C(=O)N1CCC2(CCc3ccccc3O2)C1. The number of benzene rings is 1. The predicted molar refractivity (Wildman–Crippen MR) is 78.0 cm³/mol. The molecule has 1 aromatic carbocycles. The third kappa shape index (κ3) is 2.23. The molecule has 3 rings (SSSR count). The molecule has 0 aliphatic carbocycles. The minimum Gasteiger partial charge on any atom is -0.485 e. The van der Waals surface area contributed by atoms with E-state index in [-0.39, 0.29) is 11.6 Å². The van der Waals surface area contributed by atoms with E-state index in [0.717, 1.165) is 38.1 Å². The van der Waals surface area contributed by atoms with Gasteiger partial charge in [0.1, 0.15) is 11.4 Å². The molecule has 1 atom stereocenters. The number of nitrogens with zero attached hydrogens (tertiary/aromatic N) is 2. The number of carbonyl (C=O) groups excluding carboxylic acids is 1. The summed E-state index contributed by atoms with van der Waals surface area (Å²) in [6, 6.07) is 8.36. The number of amides is 2. The van der Waals surface area contributed by atoms with Crippen LogP contribution in [-0.4, -0.2) is 48.1 Å². The summed E-state index contributed by atoms with van der Waals surface area (Å²) in [5.74, 6) is 0.997. The smallest absolute Gasteiger partial charge is 0.319 e. The Kier molecular flexibility index (Phi) is 3.32. The molecule has 2 amide bonds. The fourth-order valence-electron chi connectivity index (χ4n) is 3.13. The van der Waals surface area contributed by atoms with Crippen LogP contribution in [0.25, 0.3) is 0 Å². The molecule has 1 saturated heterocycles. The van der Waals surface area contributed by atoms with Gasteiger partial charge >= 0.3 is 6.03 Å². The van der Waals surface area contributed by atoms with E-state index in [1.165, 1.54) is 5.56 Å². The Hall–Kier alpha value is -1.71. The molecule has 4 nitrogen and oxygen atoms in total. The minimum atomic E-state index is -0.168. The largest absolute Gasteiger partial charge is 0.485 e. The van der Waals surface area contributed by atoms with Crippen molar-refractivity contribution < 1.29 is 9.53 Å². The second-order valence-corrected chi connectivity index (χ2v) is 5.86. The normalized spacial score (nSPS) is 24.4. The van der Waals surface area contributed by atoms with Crippen LogP contribution >= 0.6 is 0 Å². The van der Waals surface area contributed by atoms with Gasteiger partial charge in [-0.1, -0.05) is 18.2 Å². The van der Waals surface area contributed by atoms with Gasteiger partial charge in [0.15, 0.2) is 0 Å². The Labute approximate surface area is 120 Å². The van der Waals surface area contributed by atoms with Crippen LogP contribution < -0.4 is 4.74 Å². The molecule has 1 fully saturated rings. The van der Waals surface area contributed by atoms with Crippen molar-refractivity contribution in [3.63, 3.8) is 0 Å². The highest BCUT2D eigenvalue weighted by Crippen LogP contribution is 2.38. The Bertz CT molecular complexity index is 517. The first-order valence-corrected chi connectivity index (χ1v) is 7.40. The lowest BCUT2D eigenvalue weighted by Gasteiger charge is -2.35. The molecule has 0 aromatic heterocycles. The number of ether oxygens (including phenoxy) is 1. The molecule has 0 radical (unpaired) electrons. The zero-order chi connectivity index (χ0) is 14.2. The van der Waals surface area contributed by atoms with Crippen LogP contribution in [0.5, 0.6) is 5.75 Å². The van der Waals surface area contributed by atoms with Crippen LogP contribution in [0, 0.1) is 0 Å². The number of carbonyl (C=O) groups is 1. The highest BCUT2D eigenvalue weighted by Gasteiger charge is 2.44. The Balaban J connectivity index is 1.73. The molecule has 1 unspecified atom stereocenters. The fraction of sp³-hybridized carbons (Fsp3) is 0.562. The highest BCUT2D eigenvalue weighted by atomic mass is 16.5. The van der Waals surface area contributed by atoms with E-state index in [4.69, 9.17) is 4.74 Å². The number of hydrogen-bond donors (Lipinski definition) is 0. The lowest BCUT2D eigenvalue weighted by molar-refractivity contribution is 0.0558. The zero-order valence-electron chi connectivity index (χ0n) is 12.3. The van der Waals surface area contributed by atoms with Crippen molar-refractivity contribution in [1.29, 1.82) is 0 Å². The summed E-state index contributed by atoms with van der Waals surface area (Å²) in [4.78, 5) is 15.9.